The molecule has 1 N–H and O–H groups in total. The number of amides is 1. The van der Waals surface area contributed by atoms with E-state index in [1.165, 1.54) is 19.1 Å². The standard InChI is InChI=1S/C21H22FN3O5/c1-12-10-15(13(2)24(12)17-6-7-17)4-9-20(26)30-14(3)21(27)23-16-5-8-18(22)19(11-16)25(28)29/h4-5,8-11,14,17H,6-7H2,1-3H3,(H,23,27)/b9-4+/t14-/m1/s1. The van der Waals surface area contributed by atoms with E-state index < -0.39 is 34.4 Å². The number of benzene rings is 1. The normalized spacial score (nSPS) is 14.5. The number of carbonyl (C=O) groups is 2. The number of rotatable bonds is 7. The second-order valence-corrected chi connectivity index (χ2v) is 7.25. The van der Waals surface area contributed by atoms with Crippen LogP contribution in [-0.4, -0.2) is 27.5 Å². The van der Waals surface area contributed by atoms with Crippen LogP contribution in [-0.2, 0) is 14.3 Å². The highest BCUT2D eigenvalue weighted by Gasteiger charge is 2.26. The summed E-state index contributed by atoms with van der Waals surface area (Å²) in [6.07, 6.45) is 4.07. The number of nitro benzene ring substituents is 1. The van der Waals surface area contributed by atoms with E-state index in [4.69, 9.17) is 4.74 Å². The molecule has 1 amide bonds. The molecule has 0 radical (unpaired) electrons. The Hall–Kier alpha value is -3.49. The summed E-state index contributed by atoms with van der Waals surface area (Å²) in [5, 5.41) is 13.2. The molecule has 1 aliphatic carbocycles. The van der Waals surface area contributed by atoms with Crippen LogP contribution in [0.2, 0.25) is 0 Å². The number of nitrogens with one attached hydrogen (secondary N) is 1. The first kappa shape index (κ1) is 21.2. The van der Waals surface area contributed by atoms with Crippen molar-refractivity contribution in [2.45, 2.75) is 45.8 Å². The zero-order chi connectivity index (χ0) is 22.0. The maximum atomic E-state index is 13.4. The molecule has 0 spiro atoms. The van der Waals surface area contributed by atoms with Gasteiger partial charge in [0.15, 0.2) is 6.10 Å². The van der Waals surface area contributed by atoms with Crippen molar-refractivity contribution in [3.05, 3.63) is 63.2 Å². The molecule has 1 heterocycles. The van der Waals surface area contributed by atoms with Crippen LogP contribution >= 0.6 is 0 Å². The van der Waals surface area contributed by atoms with Gasteiger partial charge in [0.25, 0.3) is 5.91 Å². The van der Waals surface area contributed by atoms with Crippen LogP contribution in [0.3, 0.4) is 0 Å². The monoisotopic (exact) mass is 415 g/mol. The molecule has 2 aromatic rings. The predicted molar refractivity (Wildman–Crippen MR) is 108 cm³/mol. The van der Waals surface area contributed by atoms with Gasteiger partial charge in [-0.05, 0) is 63.5 Å². The van der Waals surface area contributed by atoms with Gasteiger partial charge >= 0.3 is 11.7 Å². The summed E-state index contributed by atoms with van der Waals surface area (Å²) < 4.78 is 20.7. The van der Waals surface area contributed by atoms with Crippen molar-refractivity contribution in [3.8, 4) is 0 Å². The van der Waals surface area contributed by atoms with Gasteiger partial charge in [0.2, 0.25) is 5.82 Å². The summed E-state index contributed by atoms with van der Waals surface area (Å²) >= 11 is 0. The number of aromatic nitrogens is 1. The Bertz CT molecular complexity index is 1040. The number of ether oxygens (including phenoxy) is 1. The molecule has 0 aliphatic heterocycles. The number of esters is 1. The van der Waals surface area contributed by atoms with Crippen LogP contribution in [0.15, 0.2) is 30.3 Å². The molecule has 1 saturated carbocycles. The SMILES string of the molecule is Cc1cc(/C=C/C(=O)O[C@H](C)C(=O)Nc2ccc(F)c([N+](=O)[O-])c2)c(C)n1C1CC1. The summed E-state index contributed by atoms with van der Waals surface area (Å²) in [4.78, 5) is 34.2. The van der Waals surface area contributed by atoms with Crippen LogP contribution < -0.4 is 5.32 Å². The van der Waals surface area contributed by atoms with Gasteiger partial charge in [-0.3, -0.25) is 14.9 Å². The molecule has 158 valence electrons. The van der Waals surface area contributed by atoms with Crippen LogP contribution in [0.1, 0.15) is 42.8 Å². The third kappa shape index (κ3) is 4.73. The Morgan fingerprint density at radius 2 is 2.03 bits per heavy atom. The molecular weight excluding hydrogens is 393 g/mol. The number of hydrogen-bond acceptors (Lipinski definition) is 5. The fourth-order valence-corrected chi connectivity index (χ4v) is 3.27. The number of aryl methyl sites for hydroxylation is 1. The lowest BCUT2D eigenvalue weighted by atomic mass is 10.2. The number of halogens is 1. The lowest BCUT2D eigenvalue weighted by Gasteiger charge is -2.12. The second-order valence-electron chi connectivity index (χ2n) is 7.25. The van der Waals surface area contributed by atoms with E-state index in [0.29, 0.717) is 6.04 Å². The maximum absolute atomic E-state index is 13.4. The zero-order valence-corrected chi connectivity index (χ0v) is 16.8. The summed E-state index contributed by atoms with van der Waals surface area (Å²) in [5.41, 5.74) is 2.38. The molecule has 0 saturated heterocycles. The molecule has 9 heteroatoms. The summed E-state index contributed by atoms with van der Waals surface area (Å²) in [7, 11) is 0. The Labute approximate surface area is 172 Å². The van der Waals surface area contributed by atoms with Crippen molar-refractivity contribution in [2.24, 2.45) is 0 Å². The molecule has 3 rings (SSSR count). The minimum atomic E-state index is -1.15. The summed E-state index contributed by atoms with van der Waals surface area (Å²) in [5.74, 6) is -2.40. The average molecular weight is 415 g/mol. The molecule has 1 atom stereocenters. The quantitative estimate of drug-likeness (QED) is 0.318. The van der Waals surface area contributed by atoms with Gasteiger partial charge in [0.05, 0.1) is 4.92 Å². The van der Waals surface area contributed by atoms with Crippen LogP contribution in [0, 0.1) is 29.8 Å². The highest BCUT2D eigenvalue weighted by atomic mass is 19.1. The topological polar surface area (TPSA) is 103 Å². The fraction of sp³-hybridized carbons (Fsp3) is 0.333. The van der Waals surface area contributed by atoms with Crippen LogP contribution in [0.4, 0.5) is 15.8 Å². The highest BCUT2D eigenvalue weighted by molar-refractivity contribution is 5.96. The molecule has 1 aliphatic rings. The summed E-state index contributed by atoms with van der Waals surface area (Å²) in [6.45, 7) is 5.39. The Balaban J connectivity index is 1.59. The third-order valence-electron chi connectivity index (χ3n) is 4.91. The minimum absolute atomic E-state index is 0.0269. The lowest BCUT2D eigenvalue weighted by molar-refractivity contribution is -0.387. The average Bonchev–Trinajstić information content (AvgIpc) is 3.46. The molecular formula is C21H22FN3O5. The van der Waals surface area contributed by atoms with Crippen LogP contribution in [0.5, 0.6) is 0 Å². The molecule has 1 aromatic carbocycles. The first-order chi connectivity index (χ1) is 14.2. The van der Waals surface area contributed by atoms with E-state index in [-0.39, 0.29) is 5.69 Å². The van der Waals surface area contributed by atoms with Gasteiger partial charge < -0.3 is 14.6 Å². The third-order valence-corrected chi connectivity index (χ3v) is 4.91. The zero-order valence-electron chi connectivity index (χ0n) is 16.8. The van der Waals surface area contributed by atoms with Crippen molar-refractivity contribution in [1.29, 1.82) is 0 Å². The summed E-state index contributed by atoms with van der Waals surface area (Å²) in [6, 6.07) is 5.49. The number of anilines is 1. The number of nitrogens with zero attached hydrogens (tertiary/aromatic N) is 2. The van der Waals surface area contributed by atoms with E-state index in [1.54, 1.807) is 6.08 Å². The number of hydrogen-bond donors (Lipinski definition) is 1. The minimum Gasteiger partial charge on any atom is -0.449 e. The molecule has 0 bridgehead atoms. The number of carbonyl (C=O) groups excluding carboxylic acids is 2. The first-order valence-corrected chi connectivity index (χ1v) is 9.49. The van der Waals surface area contributed by atoms with Crippen LogP contribution in [0.25, 0.3) is 6.08 Å². The van der Waals surface area contributed by atoms with E-state index in [0.717, 1.165) is 41.9 Å². The Morgan fingerprint density at radius 1 is 1.33 bits per heavy atom. The molecule has 30 heavy (non-hydrogen) atoms. The van der Waals surface area contributed by atoms with Gasteiger partial charge in [-0.1, -0.05) is 0 Å². The largest absolute Gasteiger partial charge is 0.449 e. The molecule has 1 fully saturated rings. The van der Waals surface area contributed by atoms with Gasteiger partial charge in [0, 0.05) is 35.3 Å². The second kappa shape index (κ2) is 8.48. The first-order valence-electron chi connectivity index (χ1n) is 9.49. The predicted octanol–water partition coefficient (Wildman–Crippen LogP) is 4.07. The van der Waals surface area contributed by atoms with Crippen molar-refractivity contribution >= 4 is 29.3 Å². The van der Waals surface area contributed by atoms with E-state index in [1.807, 2.05) is 19.9 Å². The Kier molecular flexibility index (Phi) is 6.00. The van der Waals surface area contributed by atoms with Crippen molar-refractivity contribution in [3.63, 3.8) is 0 Å². The number of nitro groups is 1. The molecule has 0 unspecified atom stereocenters. The van der Waals surface area contributed by atoms with Gasteiger partial charge in [-0.2, -0.15) is 4.39 Å². The molecule has 1 aromatic heterocycles. The van der Waals surface area contributed by atoms with Gasteiger partial charge in [-0.25, -0.2) is 4.79 Å². The van der Waals surface area contributed by atoms with Crippen molar-refractivity contribution < 1.29 is 23.6 Å². The van der Waals surface area contributed by atoms with Crippen molar-refractivity contribution in [2.75, 3.05) is 5.32 Å². The fourth-order valence-electron chi connectivity index (χ4n) is 3.27. The lowest BCUT2D eigenvalue weighted by Crippen LogP contribution is -2.29. The maximum Gasteiger partial charge on any atom is 0.331 e. The smallest absolute Gasteiger partial charge is 0.331 e. The molecule has 8 nitrogen and oxygen atoms in total. The highest BCUT2D eigenvalue weighted by Crippen LogP contribution is 2.38. The Morgan fingerprint density at radius 3 is 2.67 bits per heavy atom. The van der Waals surface area contributed by atoms with Gasteiger partial charge in [-0.15, -0.1) is 0 Å². The van der Waals surface area contributed by atoms with E-state index in [9.17, 15) is 24.1 Å². The van der Waals surface area contributed by atoms with Gasteiger partial charge in [0.1, 0.15) is 0 Å². The van der Waals surface area contributed by atoms with Crippen molar-refractivity contribution in [1.82, 2.24) is 4.57 Å². The van der Waals surface area contributed by atoms with E-state index >= 15 is 0 Å². The van der Waals surface area contributed by atoms with E-state index in [2.05, 4.69) is 9.88 Å².